The quantitative estimate of drug-likeness (QED) is 0.387. The fourth-order valence-electron chi connectivity index (χ4n) is 2.57. The summed E-state index contributed by atoms with van der Waals surface area (Å²) in [4.78, 5) is 13.4. The molecule has 5 nitrogen and oxygen atoms in total. The van der Waals surface area contributed by atoms with E-state index in [1.807, 2.05) is 31.2 Å². The molecular weight excluding hydrogens is 484 g/mol. The van der Waals surface area contributed by atoms with E-state index in [2.05, 4.69) is 26.0 Å². The van der Waals surface area contributed by atoms with Crippen LogP contribution in [0.15, 0.2) is 87.1 Å². The minimum atomic E-state index is -3.70. The molecule has 0 fully saturated rings. The molecule has 8 heteroatoms. The molecule has 0 saturated carbocycles. The van der Waals surface area contributed by atoms with E-state index in [0.29, 0.717) is 23.5 Å². The lowest BCUT2D eigenvalue weighted by atomic mass is 10.2. The van der Waals surface area contributed by atoms with Gasteiger partial charge in [0.25, 0.3) is 10.0 Å². The summed E-state index contributed by atoms with van der Waals surface area (Å²) in [6.45, 7) is 2.04. The first kappa shape index (κ1) is 22.4. The van der Waals surface area contributed by atoms with Crippen molar-refractivity contribution in [2.45, 2.75) is 23.1 Å². The molecule has 0 unspecified atom stereocenters. The van der Waals surface area contributed by atoms with E-state index in [1.54, 1.807) is 48.2 Å². The molecule has 30 heavy (non-hydrogen) atoms. The number of nitrogens with one attached hydrogen (secondary N) is 2. The van der Waals surface area contributed by atoms with Gasteiger partial charge < -0.3 is 5.32 Å². The third kappa shape index (κ3) is 6.62. The van der Waals surface area contributed by atoms with Crippen LogP contribution in [-0.4, -0.2) is 20.1 Å². The number of carbonyl (C=O) groups is 1. The van der Waals surface area contributed by atoms with Gasteiger partial charge in [-0.15, -0.1) is 11.8 Å². The van der Waals surface area contributed by atoms with E-state index >= 15 is 0 Å². The van der Waals surface area contributed by atoms with Gasteiger partial charge in [0, 0.05) is 32.9 Å². The Hall–Kier alpha value is -2.29. The van der Waals surface area contributed by atoms with E-state index in [1.165, 1.54) is 17.7 Å². The van der Waals surface area contributed by atoms with Crippen LogP contribution in [0, 0.1) is 6.92 Å². The number of benzene rings is 3. The average molecular weight is 505 g/mol. The minimum Gasteiger partial charge on any atom is -0.326 e. The molecule has 3 aromatic rings. The lowest BCUT2D eigenvalue weighted by molar-refractivity contribution is -0.115. The lowest BCUT2D eigenvalue weighted by Gasteiger charge is -2.10. The lowest BCUT2D eigenvalue weighted by Crippen LogP contribution is -2.14. The van der Waals surface area contributed by atoms with Crippen LogP contribution >= 0.6 is 27.7 Å². The fraction of sp³-hybridized carbons (Fsp3) is 0.136. The molecule has 0 atom stereocenters. The largest absolute Gasteiger partial charge is 0.326 e. The van der Waals surface area contributed by atoms with Crippen LogP contribution < -0.4 is 10.0 Å². The van der Waals surface area contributed by atoms with Crippen molar-refractivity contribution in [1.29, 1.82) is 0 Å². The molecule has 0 saturated heterocycles. The van der Waals surface area contributed by atoms with Gasteiger partial charge in [-0.25, -0.2) is 8.42 Å². The smallest absolute Gasteiger partial charge is 0.261 e. The molecular formula is C22H21BrN2O3S2. The summed E-state index contributed by atoms with van der Waals surface area (Å²) in [5.41, 5.74) is 2.24. The molecule has 0 radical (unpaired) electrons. The Balaban J connectivity index is 1.52. The summed E-state index contributed by atoms with van der Waals surface area (Å²) in [6.07, 6.45) is 0.365. The van der Waals surface area contributed by atoms with Crippen LogP contribution in [0.4, 0.5) is 11.4 Å². The van der Waals surface area contributed by atoms with E-state index in [9.17, 15) is 13.2 Å². The predicted octanol–water partition coefficient (Wildman–Crippen LogP) is 5.68. The maximum Gasteiger partial charge on any atom is 0.261 e. The van der Waals surface area contributed by atoms with Crippen molar-refractivity contribution in [3.63, 3.8) is 0 Å². The molecule has 0 bridgehead atoms. The summed E-state index contributed by atoms with van der Waals surface area (Å²) in [5.74, 6) is 0.552. The van der Waals surface area contributed by atoms with Crippen molar-refractivity contribution >= 4 is 55.0 Å². The molecule has 0 aliphatic rings. The van der Waals surface area contributed by atoms with Crippen LogP contribution in [-0.2, 0) is 14.8 Å². The first-order valence-electron chi connectivity index (χ1n) is 9.20. The molecule has 0 aliphatic carbocycles. The van der Waals surface area contributed by atoms with Gasteiger partial charge >= 0.3 is 0 Å². The molecule has 0 aromatic heterocycles. The number of rotatable bonds is 8. The number of aryl methyl sites for hydroxylation is 1. The summed E-state index contributed by atoms with van der Waals surface area (Å²) >= 11 is 4.94. The van der Waals surface area contributed by atoms with Gasteiger partial charge in [-0.3, -0.25) is 9.52 Å². The average Bonchev–Trinajstić information content (AvgIpc) is 2.71. The summed E-state index contributed by atoms with van der Waals surface area (Å²) in [6, 6.07) is 21.1. The summed E-state index contributed by atoms with van der Waals surface area (Å²) in [7, 11) is -3.70. The van der Waals surface area contributed by atoms with Crippen molar-refractivity contribution in [1.82, 2.24) is 0 Å². The molecule has 156 valence electrons. The Bertz CT molecular complexity index is 1100. The van der Waals surface area contributed by atoms with Gasteiger partial charge in [0.1, 0.15) is 0 Å². The predicted molar refractivity (Wildman–Crippen MR) is 127 cm³/mol. The number of sulfonamides is 1. The van der Waals surface area contributed by atoms with E-state index in [-0.39, 0.29) is 10.8 Å². The number of amides is 1. The van der Waals surface area contributed by atoms with Crippen molar-refractivity contribution in [3.8, 4) is 0 Å². The van der Waals surface area contributed by atoms with E-state index < -0.39 is 10.0 Å². The molecule has 1 amide bonds. The minimum absolute atomic E-state index is 0.113. The number of hydrogen-bond acceptors (Lipinski definition) is 4. The number of halogens is 1. The normalized spacial score (nSPS) is 11.1. The Morgan fingerprint density at radius 1 is 0.900 bits per heavy atom. The van der Waals surface area contributed by atoms with Gasteiger partial charge in [0.15, 0.2) is 0 Å². The molecule has 3 rings (SSSR count). The van der Waals surface area contributed by atoms with Crippen LogP contribution in [0.25, 0.3) is 0 Å². The Morgan fingerprint density at radius 3 is 2.13 bits per heavy atom. The number of thioether (sulfide) groups is 1. The zero-order valence-corrected chi connectivity index (χ0v) is 19.5. The number of hydrogen-bond donors (Lipinski definition) is 2. The second-order valence-corrected chi connectivity index (χ2v) is 10.4. The highest BCUT2D eigenvalue weighted by Gasteiger charge is 2.14. The Kier molecular flexibility index (Phi) is 7.58. The second-order valence-electron chi connectivity index (χ2n) is 6.60. The van der Waals surface area contributed by atoms with Gasteiger partial charge in [-0.05, 0) is 67.6 Å². The van der Waals surface area contributed by atoms with Crippen molar-refractivity contribution in [2.24, 2.45) is 0 Å². The first-order valence-corrected chi connectivity index (χ1v) is 12.5. The van der Waals surface area contributed by atoms with E-state index in [4.69, 9.17) is 0 Å². The van der Waals surface area contributed by atoms with Gasteiger partial charge in [-0.1, -0.05) is 33.6 Å². The second kappa shape index (κ2) is 10.1. The molecule has 0 spiro atoms. The SMILES string of the molecule is Cc1ccc(SCCC(=O)Nc2ccc(S(=O)(=O)Nc3ccc(Br)cc3)cc2)cc1. The highest BCUT2D eigenvalue weighted by molar-refractivity contribution is 9.10. The number of carbonyl (C=O) groups excluding carboxylic acids is 1. The molecule has 3 aromatic carbocycles. The van der Waals surface area contributed by atoms with Crippen LogP contribution in [0.3, 0.4) is 0 Å². The van der Waals surface area contributed by atoms with Gasteiger partial charge in [-0.2, -0.15) is 0 Å². The maximum absolute atomic E-state index is 12.5. The topological polar surface area (TPSA) is 75.3 Å². The van der Waals surface area contributed by atoms with Crippen molar-refractivity contribution < 1.29 is 13.2 Å². The highest BCUT2D eigenvalue weighted by Crippen LogP contribution is 2.21. The van der Waals surface area contributed by atoms with Crippen molar-refractivity contribution in [2.75, 3.05) is 15.8 Å². The van der Waals surface area contributed by atoms with Gasteiger partial charge in [0.05, 0.1) is 4.90 Å². The third-order valence-electron chi connectivity index (χ3n) is 4.16. The third-order valence-corrected chi connectivity index (χ3v) is 7.10. The molecule has 0 heterocycles. The molecule has 0 aliphatic heterocycles. The summed E-state index contributed by atoms with van der Waals surface area (Å²) in [5, 5.41) is 2.80. The Morgan fingerprint density at radius 2 is 1.50 bits per heavy atom. The highest BCUT2D eigenvalue weighted by atomic mass is 79.9. The van der Waals surface area contributed by atoms with E-state index in [0.717, 1.165) is 9.37 Å². The zero-order chi connectivity index (χ0) is 21.6. The number of anilines is 2. The standard InChI is InChI=1S/C22H21BrN2O3S2/c1-16-2-10-20(11-3-16)29-15-14-22(26)24-18-8-12-21(13-9-18)30(27,28)25-19-6-4-17(23)5-7-19/h2-13,25H,14-15H2,1H3,(H,24,26). The van der Waals surface area contributed by atoms with Crippen LogP contribution in [0.2, 0.25) is 0 Å². The van der Waals surface area contributed by atoms with Crippen LogP contribution in [0.1, 0.15) is 12.0 Å². The Labute approximate surface area is 189 Å². The monoisotopic (exact) mass is 504 g/mol. The summed E-state index contributed by atoms with van der Waals surface area (Å²) < 4.78 is 28.4. The molecule has 2 N–H and O–H groups in total. The maximum atomic E-state index is 12.5. The first-order chi connectivity index (χ1) is 14.3. The van der Waals surface area contributed by atoms with Gasteiger partial charge in [0.2, 0.25) is 5.91 Å². The van der Waals surface area contributed by atoms with Crippen LogP contribution in [0.5, 0.6) is 0 Å². The van der Waals surface area contributed by atoms with Crippen molar-refractivity contribution in [3.05, 3.63) is 82.8 Å². The fourth-order valence-corrected chi connectivity index (χ4v) is 4.74. The zero-order valence-electron chi connectivity index (χ0n) is 16.3.